The molecule has 1 atom stereocenters. The van der Waals surface area contributed by atoms with Crippen LogP contribution in [0.3, 0.4) is 0 Å². The van der Waals surface area contributed by atoms with Crippen LogP contribution in [0.15, 0.2) is 30.3 Å². The van der Waals surface area contributed by atoms with Gasteiger partial charge in [0.15, 0.2) is 0 Å². The monoisotopic (exact) mass is 348 g/mol. The first-order valence-corrected chi connectivity index (χ1v) is 8.21. The average molecular weight is 348 g/mol. The molecular weight excluding hydrogens is 324 g/mol. The highest BCUT2D eigenvalue weighted by Gasteiger charge is 2.39. The van der Waals surface area contributed by atoms with Gasteiger partial charge in [-0.25, -0.2) is 4.79 Å². The van der Waals surface area contributed by atoms with E-state index in [9.17, 15) is 14.4 Å². The van der Waals surface area contributed by atoms with E-state index in [0.29, 0.717) is 6.42 Å². The number of ether oxygens (including phenoxy) is 1. The van der Waals surface area contributed by atoms with Crippen LogP contribution in [-0.4, -0.2) is 64.2 Å². The fourth-order valence-electron chi connectivity index (χ4n) is 2.73. The third-order valence-electron chi connectivity index (χ3n) is 3.81. The van der Waals surface area contributed by atoms with Crippen molar-refractivity contribution >= 4 is 18.0 Å². The van der Waals surface area contributed by atoms with Gasteiger partial charge in [0.2, 0.25) is 5.91 Å². The Morgan fingerprint density at radius 3 is 2.40 bits per heavy atom. The minimum absolute atomic E-state index is 0.176. The summed E-state index contributed by atoms with van der Waals surface area (Å²) in [6.07, 6.45) is -0.244. The fourth-order valence-corrected chi connectivity index (χ4v) is 2.73. The van der Waals surface area contributed by atoms with Crippen LogP contribution >= 0.6 is 0 Å². The molecule has 0 spiro atoms. The molecule has 2 rings (SSSR count). The first-order valence-electron chi connectivity index (χ1n) is 8.21. The SMILES string of the molecule is CC(C)(C)OC(=O)N1CCN(CC(=O)O)C(=O)[C@@H]1Cc1ccccc1. The molecule has 0 aliphatic carbocycles. The third kappa shape index (κ3) is 5.20. The second-order valence-corrected chi connectivity index (χ2v) is 7.03. The van der Waals surface area contributed by atoms with Gasteiger partial charge in [0, 0.05) is 19.5 Å². The molecule has 0 radical (unpaired) electrons. The molecule has 1 N–H and O–H groups in total. The summed E-state index contributed by atoms with van der Waals surface area (Å²) in [4.78, 5) is 38.9. The standard InChI is InChI=1S/C18H24N2O5/c1-18(2,3)25-17(24)20-10-9-19(12-15(21)22)16(23)14(20)11-13-7-5-4-6-8-13/h4-8,14H,9-12H2,1-3H3,(H,21,22)/t14-/m0/s1. The lowest BCUT2D eigenvalue weighted by Crippen LogP contribution is -2.60. The number of piperazine rings is 1. The van der Waals surface area contributed by atoms with Gasteiger partial charge in [-0.2, -0.15) is 0 Å². The van der Waals surface area contributed by atoms with Crippen molar-refractivity contribution in [3.8, 4) is 0 Å². The summed E-state index contributed by atoms with van der Waals surface area (Å²) in [5.74, 6) is -1.44. The molecule has 1 fully saturated rings. The molecule has 1 aliphatic heterocycles. The van der Waals surface area contributed by atoms with Gasteiger partial charge >= 0.3 is 12.1 Å². The topological polar surface area (TPSA) is 87.2 Å². The van der Waals surface area contributed by atoms with E-state index < -0.39 is 23.7 Å². The van der Waals surface area contributed by atoms with Crippen molar-refractivity contribution in [2.45, 2.75) is 38.8 Å². The van der Waals surface area contributed by atoms with E-state index in [1.807, 2.05) is 30.3 Å². The van der Waals surface area contributed by atoms with E-state index >= 15 is 0 Å². The number of rotatable bonds is 4. The maximum atomic E-state index is 12.8. The molecule has 136 valence electrons. The Labute approximate surface area is 147 Å². The number of aliphatic carboxylic acids is 1. The second kappa shape index (κ2) is 7.55. The summed E-state index contributed by atoms with van der Waals surface area (Å²) in [6, 6.07) is 8.55. The Morgan fingerprint density at radius 1 is 1.20 bits per heavy atom. The molecule has 0 saturated carbocycles. The Kier molecular flexibility index (Phi) is 5.66. The summed E-state index contributed by atoms with van der Waals surface area (Å²) < 4.78 is 5.41. The molecule has 7 nitrogen and oxygen atoms in total. The average Bonchev–Trinajstić information content (AvgIpc) is 2.50. The normalized spacial score (nSPS) is 18.2. The molecule has 2 amide bonds. The van der Waals surface area contributed by atoms with Gasteiger partial charge in [-0.1, -0.05) is 30.3 Å². The van der Waals surface area contributed by atoms with E-state index in [1.165, 1.54) is 9.80 Å². The summed E-state index contributed by atoms with van der Waals surface area (Å²) in [6.45, 7) is 5.34. The Balaban J connectivity index is 2.23. The largest absolute Gasteiger partial charge is 0.480 e. The van der Waals surface area contributed by atoms with Crippen molar-refractivity contribution in [2.75, 3.05) is 19.6 Å². The van der Waals surface area contributed by atoms with Gasteiger partial charge in [0.25, 0.3) is 0 Å². The van der Waals surface area contributed by atoms with Gasteiger partial charge < -0.3 is 14.7 Å². The number of carboxylic acid groups (broad SMARTS) is 1. The molecule has 0 aromatic heterocycles. The van der Waals surface area contributed by atoms with Crippen LogP contribution in [0.25, 0.3) is 0 Å². The van der Waals surface area contributed by atoms with Crippen LogP contribution in [0.4, 0.5) is 4.79 Å². The third-order valence-corrected chi connectivity index (χ3v) is 3.81. The lowest BCUT2D eigenvalue weighted by Gasteiger charge is -2.40. The van der Waals surface area contributed by atoms with E-state index in [0.717, 1.165) is 5.56 Å². The Bertz CT molecular complexity index is 639. The van der Waals surface area contributed by atoms with Crippen molar-refractivity contribution in [3.05, 3.63) is 35.9 Å². The highest BCUT2D eigenvalue weighted by Crippen LogP contribution is 2.20. The minimum atomic E-state index is -1.07. The summed E-state index contributed by atoms with van der Waals surface area (Å²) >= 11 is 0. The highest BCUT2D eigenvalue weighted by molar-refractivity contribution is 5.89. The molecule has 1 aromatic carbocycles. The number of carbonyl (C=O) groups excluding carboxylic acids is 2. The highest BCUT2D eigenvalue weighted by atomic mass is 16.6. The van der Waals surface area contributed by atoms with Gasteiger partial charge in [0.05, 0.1) is 0 Å². The van der Waals surface area contributed by atoms with Crippen LogP contribution in [0.1, 0.15) is 26.3 Å². The molecule has 1 saturated heterocycles. The van der Waals surface area contributed by atoms with Crippen molar-refractivity contribution in [2.24, 2.45) is 0 Å². The van der Waals surface area contributed by atoms with E-state index in [1.54, 1.807) is 20.8 Å². The van der Waals surface area contributed by atoms with Gasteiger partial charge in [-0.3, -0.25) is 14.5 Å². The Morgan fingerprint density at radius 2 is 1.84 bits per heavy atom. The summed E-state index contributed by atoms with van der Waals surface area (Å²) in [7, 11) is 0. The number of carbonyl (C=O) groups is 3. The van der Waals surface area contributed by atoms with Gasteiger partial charge in [-0.05, 0) is 26.3 Å². The lowest BCUT2D eigenvalue weighted by molar-refractivity contribution is -0.149. The molecule has 1 heterocycles. The summed E-state index contributed by atoms with van der Waals surface area (Å²) in [5, 5.41) is 8.99. The zero-order valence-corrected chi connectivity index (χ0v) is 14.8. The predicted molar refractivity (Wildman–Crippen MR) is 91.1 cm³/mol. The van der Waals surface area contributed by atoms with Gasteiger partial charge in [-0.15, -0.1) is 0 Å². The minimum Gasteiger partial charge on any atom is -0.480 e. The van der Waals surface area contributed by atoms with E-state index in [2.05, 4.69) is 0 Å². The number of nitrogens with zero attached hydrogens (tertiary/aromatic N) is 2. The van der Waals surface area contributed by atoms with Crippen molar-refractivity contribution in [1.29, 1.82) is 0 Å². The fraction of sp³-hybridized carbons (Fsp3) is 0.500. The first-order chi connectivity index (χ1) is 11.7. The second-order valence-electron chi connectivity index (χ2n) is 7.03. The van der Waals surface area contributed by atoms with E-state index in [4.69, 9.17) is 9.84 Å². The first kappa shape index (κ1) is 18.8. The molecule has 1 aliphatic rings. The van der Waals surface area contributed by atoms with Crippen molar-refractivity contribution < 1.29 is 24.2 Å². The van der Waals surface area contributed by atoms with Crippen LogP contribution in [0.5, 0.6) is 0 Å². The summed E-state index contributed by atoms with van der Waals surface area (Å²) in [5.41, 5.74) is 0.224. The predicted octanol–water partition coefficient (Wildman–Crippen LogP) is 1.76. The number of carboxylic acids is 1. The number of benzene rings is 1. The number of hydrogen-bond acceptors (Lipinski definition) is 4. The maximum Gasteiger partial charge on any atom is 0.411 e. The molecule has 1 aromatic rings. The van der Waals surface area contributed by atoms with Gasteiger partial charge in [0.1, 0.15) is 18.2 Å². The number of amides is 2. The molecule has 0 bridgehead atoms. The number of hydrogen-bond donors (Lipinski definition) is 1. The zero-order valence-electron chi connectivity index (χ0n) is 14.8. The lowest BCUT2D eigenvalue weighted by atomic mass is 10.0. The maximum absolute atomic E-state index is 12.8. The van der Waals surface area contributed by atoms with Crippen LogP contribution < -0.4 is 0 Å². The van der Waals surface area contributed by atoms with E-state index in [-0.39, 0.29) is 25.5 Å². The van der Waals surface area contributed by atoms with Crippen LogP contribution in [0.2, 0.25) is 0 Å². The zero-order chi connectivity index (χ0) is 18.6. The van der Waals surface area contributed by atoms with Crippen molar-refractivity contribution in [3.63, 3.8) is 0 Å². The Hall–Kier alpha value is -2.57. The van der Waals surface area contributed by atoms with Crippen molar-refractivity contribution in [1.82, 2.24) is 9.80 Å². The molecule has 0 unspecified atom stereocenters. The molecule has 7 heteroatoms. The quantitative estimate of drug-likeness (QED) is 0.896. The van der Waals surface area contributed by atoms with Crippen LogP contribution in [0, 0.1) is 0 Å². The molecular formula is C18H24N2O5. The van der Waals surface area contributed by atoms with Crippen LogP contribution in [-0.2, 0) is 20.7 Å². The smallest absolute Gasteiger partial charge is 0.411 e. The molecule has 25 heavy (non-hydrogen) atoms.